The fraction of sp³-hybridized carbons (Fsp3) is 0.882. The molecule has 2 unspecified atom stereocenters. The number of allylic oxidation sites excluding steroid dienone is 4. The van der Waals surface area contributed by atoms with Crippen molar-refractivity contribution in [3.8, 4) is 0 Å². The van der Waals surface area contributed by atoms with Gasteiger partial charge in [0.05, 0.1) is 26.4 Å². The Morgan fingerprint density at radius 3 is 0.943 bits per heavy atom. The van der Waals surface area contributed by atoms with Gasteiger partial charge in [0, 0.05) is 25.7 Å². The van der Waals surface area contributed by atoms with Gasteiger partial charge in [0.2, 0.25) is 0 Å². The molecule has 17 nitrogen and oxygen atoms in total. The van der Waals surface area contributed by atoms with Gasteiger partial charge >= 0.3 is 39.5 Å². The molecule has 0 spiro atoms. The van der Waals surface area contributed by atoms with Crippen molar-refractivity contribution < 1.29 is 80.2 Å². The minimum atomic E-state index is -4.96. The van der Waals surface area contributed by atoms with Crippen LogP contribution in [0.5, 0.6) is 0 Å². The monoisotopic (exact) mass is 1280 g/mol. The molecule has 0 amide bonds. The molecule has 0 aliphatic heterocycles. The van der Waals surface area contributed by atoms with Gasteiger partial charge in [0.15, 0.2) is 12.2 Å². The Balaban J connectivity index is 5.25. The second kappa shape index (κ2) is 61.1. The molecular formula is C68H128O17P2. The van der Waals surface area contributed by atoms with Gasteiger partial charge in [0.1, 0.15) is 19.3 Å². The highest BCUT2D eigenvalue weighted by Crippen LogP contribution is 2.45. The molecule has 19 heteroatoms. The summed E-state index contributed by atoms with van der Waals surface area (Å²) in [5, 5.41) is 10.5. The molecule has 3 N–H and O–H groups in total. The van der Waals surface area contributed by atoms with Crippen LogP contribution in [-0.4, -0.2) is 96.7 Å². The Bertz CT molecular complexity index is 1780. The summed E-state index contributed by atoms with van der Waals surface area (Å²) in [6.07, 6.45) is 49.4. The number of hydrogen-bond donors (Lipinski definition) is 3. The lowest BCUT2D eigenvalue weighted by molar-refractivity contribution is -0.161. The third-order valence-electron chi connectivity index (χ3n) is 15.2. The number of hydrogen-bond acceptors (Lipinski definition) is 15. The Labute approximate surface area is 529 Å². The number of aliphatic hydroxyl groups excluding tert-OH is 1. The summed E-state index contributed by atoms with van der Waals surface area (Å²) < 4.78 is 68.0. The molecule has 0 aliphatic carbocycles. The maximum absolute atomic E-state index is 13.0. The standard InChI is InChI=1S/C68H128O17P2/c1-6-9-12-15-18-20-22-23-24-25-29-34-39-44-49-54-68(73)85-64(58-79-66(71)52-47-42-37-32-30-26-28-31-36-40-45-50-61(4)5)60-83-87(76,77)81-56-62(69)55-80-86(74,75)82-59-63(57-78-65(70)51-46-41-35-17-14-11-8-3)84-67(72)53-48-43-38-33-27-21-19-16-13-10-7-2/h20,22-24,61-64,69H,6-19,21,25-60H2,1-5H3,(H,74,75)(H,76,77)/b22-20-,24-23-/t62-,63+,64+/m0/s1. The van der Waals surface area contributed by atoms with E-state index in [-0.39, 0.29) is 25.7 Å². The van der Waals surface area contributed by atoms with Crippen LogP contribution in [0, 0.1) is 5.92 Å². The summed E-state index contributed by atoms with van der Waals surface area (Å²) in [5.41, 5.74) is 0. The number of carbonyl (C=O) groups excluding carboxylic acids is 4. The molecule has 0 radical (unpaired) electrons. The van der Waals surface area contributed by atoms with Crippen molar-refractivity contribution in [2.45, 2.75) is 342 Å². The Morgan fingerprint density at radius 1 is 0.356 bits per heavy atom. The van der Waals surface area contributed by atoms with Crippen LogP contribution in [0.25, 0.3) is 0 Å². The number of phosphoric acid groups is 2. The first-order chi connectivity index (χ1) is 42.0. The number of unbranched alkanes of at least 4 members (excludes halogenated alkanes) is 35. The van der Waals surface area contributed by atoms with E-state index < -0.39 is 97.5 Å². The van der Waals surface area contributed by atoms with Crippen molar-refractivity contribution in [1.82, 2.24) is 0 Å². The largest absolute Gasteiger partial charge is 0.472 e. The third-order valence-corrected chi connectivity index (χ3v) is 17.1. The fourth-order valence-corrected chi connectivity index (χ4v) is 11.3. The van der Waals surface area contributed by atoms with Gasteiger partial charge in [-0.15, -0.1) is 0 Å². The summed E-state index contributed by atoms with van der Waals surface area (Å²) in [6.45, 7) is 7.12. The highest BCUT2D eigenvalue weighted by atomic mass is 31.2. The number of phosphoric ester groups is 2. The number of aliphatic hydroxyl groups is 1. The summed E-state index contributed by atoms with van der Waals surface area (Å²) in [7, 11) is -9.90. The van der Waals surface area contributed by atoms with E-state index in [2.05, 4.69) is 58.9 Å². The van der Waals surface area contributed by atoms with Crippen LogP contribution in [0.15, 0.2) is 24.3 Å². The Morgan fingerprint density at radius 2 is 0.621 bits per heavy atom. The smallest absolute Gasteiger partial charge is 0.462 e. The van der Waals surface area contributed by atoms with Gasteiger partial charge in [-0.3, -0.25) is 37.3 Å². The van der Waals surface area contributed by atoms with E-state index in [0.717, 1.165) is 121 Å². The van der Waals surface area contributed by atoms with Gasteiger partial charge < -0.3 is 33.8 Å². The second-order valence-electron chi connectivity index (χ2n) is 24.4. The van der Waals surface area contributed by atoms with Crippen LogP contribution in [0.1, 0.15) is 324 Å². The van der Waals surface area contributed by atoms with Crippen molar-refractivity contribution >= 4 is 39.5 Å². The molecule has 0 aromatic rings. The van der Waals surface area contributed by atoms with Gasteiger partial charge in [-0.05, 0) is 57.3 Å². The lowest BCUT2D eigenvalue weighted by Crippen LogP contribution is -2.30. The number of esters is 4. The van der Waals surface area contributed by atoms with E-state index in [4.69, 9.17) is 37.0 Å². The van der Waals surface area contributed by atoms with Crippen LogP contribution < -0.4 is 0 Å². The molecule has 512 valence electrons. The predicted molar refractivity (Wildman–Crippen MR) is 349 cm³/mol. The second-order valence-corrected chi connectivity index (χ2v) is 27.3. The van der Waals surface area contributed by atoms with Crippen LogP contribution in [-0.2, 0) is 65.4 Å². The van der Waals surface area contributed by atoms with E-state index in [0.29, 0.717) is 25.7 Å². The number of ether oxygens (including phenoxy) is 4. The van der Waals surface area contributed by atoms with E-state index >= 15 is 0 Å². The first-order valence-electron chi connectivity index (χ1n) is 35.0. The normalized spacial score (nSPS) is 14.3. The molecule has 0 fully saturated rings. The van der Waals surface area contributed by atoms with Crippen molar-refractivity contribution in [3.63, 3.8) is 0 Å². The fourth-order valence-electron chi connectivity index (χ4n) is 9.75. The molecule has 0 bridgehead atoms. The van der Waals surface area contributed by atoms with Gasteiger partial charge in [0.25, 0.3) is 0 Å². The zero-order valence-electron chi connectivity index (χ0n) is 55.6. The summed E-state index contributed by atoms with van der Waals surface area (Å²) in [4.78, 5) is 72.3. The summed E-state index contributed by atoms with van der Waals surface area (Å²) in [6, 6.07) is 0. The van der Waals surface area contributed by atoms with Crippen molar-refractivity contribution in [1.29, 1.82) is 0 Å². The molecule has 0 aromatic heterocycles. The highest BCUT2D eigenvalue weighted by molar-refractivity contribution is 7.47. The van der Waals surface area contributed by atoms with Gasteiger partial charge in [-0.1, -0.05) is 271 Å². The average molecular weight is 1280 g/mol. The summed E-state index contributed by atoms with van der Waals surface area (Å²) >= 11 is 0. The topological polar surface area (TPSA) is 237 Å². The lowest BCUT2D eigenvalue weighted by Gasteiger charge is -2.21. The molecule has 0 rings (SSSR count). The van der Waals surface area contributed by atoms with E-state index in [1.54, 1.807) is 0 Å². The van der Waals surface area contributed by atoms with Crippen LogP contribution >= 0.6 is 15.6 Å². The first-order valence-corrected chi connectivity index (χ1v) is 37.9. The van der Waals surface area contributed by atoms with E-state index in [1.807, 2.05) is 0 Å². The van der Waals surface area contributed by atoms with Crippen molar-refractivity contribution in [2.24, 2.45) is 5.92 Å². The highest BCUT2D eigenvalue weighted by Gasteiger charge is 2.30. The molecular weight excluding hydrogens is 1150 g/mol. The molecule has 5 atom stereocenters. The van der Waals surface area contributed by atoms with Crippen molar-refractivity contribution in [2.75, 3.05) is 39.6 Å². The molecule has 0 heterocycles. The predicted octanol–water partition coefficient (Wildman–Crippen LogP) is 18.9. The quantitative estimate of drug-likeness (QED) is 0.0169. The number of carbonyl (C=O) groups is 4. The Hall–Kier alpha value is -2.46. The number of rotatable bonds is 66. The third kappa shape index (κ3) is 62.1. The lowest BCUT2D eigenvalue weighted by atomic mass is 10.0. The SMILES string of the molecule is CCCCCC/C=C\C=C/CCCCCCCC(=O)O[C@H](COC(=O)CCCCCCCCCCCCCC(C)C)COP(=O)(O)OC[C@@H](O)COP(=O)(O)OC[C@@H](COC(=O)CCCCCCCCC)OC(=O)CCCCCCCCCCCCC. The van der Waals surface area contributed by atoms with E-state index in [1.165, 1.54) is 122 Å². The zero-order chi connectivity index (χ0) is 64.2. The average Bonchev–Trinajstić information content (AvgIpc) is 3.66. The maximum atomic E-state index is 13.0. The van der Waals surface area contributed by atoms with Crippen LogP contribution in [0.3, 0.4) is 0 Å². The first kappa shape index (κ1) is 84.5. The van der Waals surface area contributed by atoms with E-state index in [9.17, 15) is 43.2 Å². The molecule has 0 aromatic carbocycles. The Kier molecular flexibility index (Phi) is 59.3. The van der Waals surface area contributed by atoms with Crippen LogP contribution in [0.2, 0.25) is 0 Å². The molecule has 0 saturated carbocycles. The maximum Gasteiger partial charge on any atom is 0.472 e. The van der Waals surface area contributed by atoms with Crippen molar-refractivity contribution in [3.05, 3.63) is 24.3 Å². The minimum Gasteiger partial charge on any atom is -0.462 e. The zero-order valence-corrected chi connectivity index (χ0v) is 57.4. The van der Waals surface area contributed by atoms with Gasteiger partial charge in [-0.2, -0.15) is 0 Å². The molecule has 87 heavy (non-hydrogen) atoms. The minimum absolute atomic E-state index is 0.0850. The summed E-state index contributed by atoms with van der Waals surface area (Å²) in [5.74, 6) is -1.39. The van der Waals surface area contributed by atoms with Gasteiger partial charge in [-0.25, -0.2) is 9.13 Å². The molecule has 0 aliphatic rings. The van der Waals surface area contributed by atoms with Crippen LogP contribution in [0.4, 0.5) is 0 Å². The molecule has 0 saturated heterocycles.